The number of carbonyl (C=O) groups excluding carboxylic acids is 1. The van der Waals surface area contributed by atoms with E-state index in [1.807, 2.05) is 45.3 Å². The molecule has 1 aromatic rings. The summed E-state index contributed by atoms with van der Waals surface area (Å²) >= 11 is 0. The lowest BCUT2D eigenvalue weighted by atomic mass is 10.1. The highest BCUT2D eigenvalue weighted by molar-refractivity contribution is 5.93. The van der Waals surface area contributed by atoms with Gasteiger partial charge in [-0.25, -0.2) is 0 Å². The van der Waals surface area contributed by atoms with Gasteiger partial charge in [0.1, 0.15) is 0 Å². The summed E-state index contributed by atoms with van der Waals surface area (Å²) in [6, 6.07) is 7.97. The van der Waals surface area contributed by atoms with Crippen LogP contribution in [0.25, 0.3) is 0 Å². The van der Waals surface area contributed by atoms with Gasteiger partial charge in [-0.05, 0) is 45.0 Å². The maximum atomic E-state index is 12.0. The number of hydrogen-bond acceptors (Lipinski definition) is 2. The number of aryl methyl sites for hydroxylation is 1. The first kappa shape index (κ1) is 13.7. The topological polar surface area (TPSA) is 32.3 Å². The van der Waals surface area contributed by atoms with Gasteiger partial charge >= 0.3 is 0 Å². The number of anilines is 1. The zero-order valence-electron chi connectivity index (χ0n) is 11.0. The highest BCUT2D eigenvalue weighted by atomic mass is 16.2. The molecule has 3 heteroatoms. The zero-order chi connectivity index (χ0) is 12.7. The Kier molecular flexibility index (Phi) is 5.70. The van der Waals surface area contributed by atoms with Crippen LogP contribution in [0.5, 0.6) is 0 Å². The summed E-state index contributed by atoms with van der Waals surface area (Å²) in [4.78, 5) is 13.7. The third kappa shape index (κ3) is 4.19. The van der Waals surface area contributed by atoms with E-state index >= 15 is 0 Å². The molecule has 1 aromatic carbocycles. The summed E-state index contributed by atoms with van der Waals surface area (Å²) in [5, 5.41) is 3.09. The fourth-order valence-corrected chi connectivity index (χ4v) is 1.82. The SMILES string of the molecule is CNCCCCC(=O)N(C)c1ccccc1C. The van der Waals surface area contributed by atoms with Crippen LogP contribution in [-0.2, 0) is 4.79 Å². The number of nitrogens with zero attached hydrogens (tertiary/aromatic N) is 1. The molecule has 0 aliphatic heterocycles. The molecule has 0 aliphatic rings. The Morgan fingerprint density at radius 2 is 2.00 bits per heavy atom. The molecule has 0 saturated heterocycles. The fourth-order valence-electron chi connectivity index (χ4n) is 1.82. The van der Waals surface area contributed by atoms with Gasteiger partial charge in [0.05, 0.1) is 0 Å². The number of carbonyl (C=O) groups is 1. The van der Waals surface area contributed by atoms with E-state index in [0.717, 1.165) is 30.6 Å². The van der Waals surface area contributed by atoms with Crippen molar-refractivity contribution in [2.45, 2.75) is 26.2 Å². The number of rotatable bonds is 6. The van der Waals surface area contributed by atoms with Crippen LogP contribution in [-0.4, -0.2) is 26.5 Å². The van der Waals surface area contributed by atoms with E-state index in [9.17, 15) is 4.79 Å². The first-order valence-electron chi connectivity index (χ1n) is 6.13. The maximum Gasteiger partial charge on any atom is 0.226 e. The molecule has 0 radical (unpaired) electrons. The van der Waals surface area contributed by atoms with Crippen molar-refractivity contribution >= 4 is 11.6 Å². The summed E-state index contributed by atoms with van der Waals surface area (Å²) in [7, 11) is 3.78. The molecule has 0 fully saturated rings. The molecule has 3 nitrogen and oxygen atoms in total. The Balaban J connectivity index is 2.49. The van der Waals surface area contributed by atoms with Gasteiger partial charge in [-0.2, -0.15) is 0 Å². The van der Waals surface area contributed by atoms with Gasteiger partial charge in [-0.3, -0.25) is 4.79 Å². The second-order valence-corrected chi connectivity index (χ2v) is 4.30. The molecule has 0 bridgehead atoms. The fraction of sp³-hybridized carbons (Fsp3) is 0.500. The minimum atomic E-state index is 0.190. The molecule has 0 aliphatic carbocycles. The van der Waals surface area contributed by atoms with E-state index in [2.05, 4.69) is 5.32 Å². The van der Waals surface area contributed by atoms with Crippen molar-refractivity contribution in [2.24, 2.45) is 0 Å². The lowest BCUT2D eigenvalue weighted by Crippen LogP contribution is -2.26. The lowest BCUT2D eigenvalue weighted by Gasteiger charge is -2.19. The highest BCUT2D eigenvalue weighted by Gasteiger charge is 2.11. The summed E-state index contributed by atoms with van der Waals surface area (Å²) < 4.78 is 0. The summed E-state index contributed by atoms with van der Waals surface area (Å²) in [5.74, 6) is 0.190. The molecule has 94 valence electrons. The van der Waals surface area contributed by atoms with Crippen LogP contribution in [0.4, 0.5) is 5.69 Å². The number of unbranched alkanes of at least 4 members (excludes halogenated alkanes) is 1. The van der Waals surface area contributed by atoms with Crippen LogP contribution in [0.3, 0.4) is 0 Å². The molecular formula is C14H22N2O. The quantitative estimate of drug-likeness (QED) is 0.766. The first-order chi connectivity index (χ1) is 8.16. The maximum absolute atomic E-state index is 12.0. The van der Waals surface area contributed by atoms with Gasteiger partial charge in [0.25, 0.3) is 0 Å². The number of para-hydroxylation sites is 1. The molecule has 0 heterocycles. The number of hydrogen-bond donors (Lipinski definition) is 1. The van der Waals surface area contributed by atoms with Gasteiger partial charge in [0.2, 0.25) is 5.91 Å². The molecular weight excluding hydrogens is 212 g/mol. The smallest absolute Gasteiger partial charge is 0.226 e. The molecule has 0 atom stereocenters. The number of nitrogens with one attached hydrogen (secondary N) is 1. The minimum absolute atomic E-state index is 0.190. The highest BCUT2D eigenvalue weighted by Crippen LogP contribution is 2.18. The Hall–Kier alpha value is -1.35. The van der Waals surface area contributed by atoms with Crippen molar-refractivity contribution in [1.82, 2.24) is 5.32 Å². The van der Waals surface area contributed by atoms with E-state index < -0.39 is 0 Å². The van der Waals surface area contributed by atoms with E-state index in [0.29, 0.717) is 6.42 Å². The zero-order valence-corrected chi connectivity index (χ0v) is 11.0. The summed E-state index contributed by atoms with van der Waals surface area (Å²) in [5.41, 5.74) is 2.14. The van der Waals surface area contributed by atoms with E-state index in [1.165, 1.54) is 0 Å². The molecule has 1 rings (SSSR count). The van der Waals surface area contributed by atoms with Crippen LogP contribution < -0.4 is 10.2 Å². The normalized spacial score (nSPS) is 10.3. The van der Waals surface area contributed by atoms with Crippen LogP contribution in [0.2, 0.25) is 0 Å². The lowest BCUT2D eigenvalue weighted by molar-refractivity contribution is -0.118. The molecule has 17 heavy (non-hydrogen) atoms. The third-order valence-corrected chi connectivity index (χ3v) is 2.92. The minimum Gasteiger partial charge on any atom is -0.320 e. The third-order valence-electron chi connectivity index (χ3n) is 2.92. The molecule has 0 aromatic heterocycles. The molecule has 0 spiro atoms. The molecule has 1 N–H and O–H groups in total. The van der Waals surface area contributed by atoms with E-state index in [1.54, 1.807) is 4.90 Å². The van der Waals surface area contributed by atoms with Crippen LogP contribution >= 0.6 is 0 Å². The predicted octanol–water partition coefficient (Wildman–Crippen LogP) is 2.35. The van der Waals surface area contributed by atoms with Crippen molar-refractivity contribution in [3.63, 3.8) is 0 Å². The first-order valence-corrected chi connectivity index (χ1v) is 6.13. The molecule has 0 saturated carbocycles. The van der Waals surface area contributed by atoms with Crippen molar-refractivity contribution < 1.29 is 4.79 Å². The Morgan fingerprint density at radius 1 is 1.29 bits per heavy atom. The van der Waals surface area contributed by atoms with Crippen molar-refractivity contribution in [3.05, 3.63) is 29.8 Å². The molecule has 0 unspecified atom stereocenters. The Labute approximate surface area is 104 Å². The summed E-state index contributed by atoms with van der Waals surface area (Å²) in [6.07, 6.45) is 2.60. The van der Waals surface area contributed by atoms with Gasteiger partial charge < -0.3 is 10.2 Å². The van der Waals surface area contributed by atoms with E-state index in [-0.39, 0.29) is 5.91 Å². The van der Waals surface area contributed by atoms with Gasteiger partial charge in [-0.15, -0.1) is 0 Å². The average Bonchev–Trinajstić information content (AvgIpc) is 2.34. The number of benzene rings is 1. The predicted molar refractivity (Wildman–Crippen MR) is 72.4 cm³/mol. The summed E-state index contributed by atoms with van der Waals surface area (Å²) in [6.45, 7) is 3.00. The van der Waals surface area contributed by atoms with Gasteiger partial charge in [0.15, 0.2) is 0 Å². The largest absolute Gasteiger partial charge is 0.320 e. The monoisotopic (exact) mass is 234 g/mol. The van der Waals surface area contributed by atoms with Gasteiger partial charge in [0, 0.05) is 19.2 Å². The van der Waals surface area contributed by atoms with Crippen molar-refractivity contribution in [1.29, 1.82) is 0 Å². The Morgan fingerprint density at radius 3 is 2.65 bits per heavy atom. The van der Waals surface area contributed by atoms with Crippen molar-refractivity contribution in [2.75, 3.05) is 25.5 Å². The molecule has 1 amide bonds. The second-order valence-electron chi connectivity index (χ2n) is 4.30. The van der Waals surface area contributed by atoms with Crippen LogP contribution in [0, 0.1) is 6.92 Å². The average molecular weight is 234 g/mol. The van der Waals surface area contributed by atoms with E-state index in [4.69, 9.17) is 0 Å². The second kappa shape index (κ2) is 7.07. The number of amides is 1. The van der Waals surface area contributed by atoms with Crippen molar-refractivity contribution in [3.8, 4) is 0 Å². The van der Waals surface area contributed by atoms with Gasteiger partial charge in [-0.1, -0.05) is 18.2 Å². The standard InChI is InChI=1S/C14H22N2O/c1-12-8-4-5-9-13(12)16(3)14(17)10-6-7-11-15-2/h4-5,8-9,15H,6-7,10-11H2,1-3H3. The van der Waals surface area contributed by atoms with Crippen LogP contribution in [0.1, 0.15) is 24.8 Å². The van der Waals surface area contributed by atoms with Crippen LogP contribution in [0.15, 0.2) is 24.3 Å². The Bertz CT molecular complexity index is 363.